The van der Waals surface area contributed by atoms with Gasteiger partial charge in [-0.1, -0.05) is 20.8 Å². The van der Waals surface area contributed by atoms with Crippen LogP contribution in [0.4, 0.5) is 0 Å². The van der Waals surface area contributed by atoms with Crippen molar-refractivity contribution in [2.24, 2.45) is 71.0 Å². The Balaban J connectivity index is 0.000000134. The van der Waals surface area contributed by atoms with Crippen molar-refractivity contribution in [1.82, 2.24) is 0 Å². The first-order valence-corrected chi connectivity index (χ1v) is 28.1. The molecule has 0 spiro atoms. The molecule has 0 heterocycles. The van der Waals surface area contributed by atoms with Gasteiger partial charge in [-0.05, 0) is 238 Å². The Morgan fingerprint density at radius 3 is 0.732 bits per heavy atom. The first-order chi connectivity index (χ1) is 26.7. The summed E-state index contributed by atoms with van der Waals surface area (Å²) in [4.78, 5) is 8.89. The summed E-state index contributed by atoms with van der Waals surface area (Å²) in [5, 5.41) is 11.1. The van der Waals surface area contributed by atoms with Gasteiger partial charge in [-0.3, -0.25) is 4.79 Å². The van der Waals surface area contributed by atoms with E-state index < -0.39 is 0 Å². The van der Waals surface area contributed by atoms with Crippen molar-refractivity contribution in [2.75, 3.05) is 12.3 Å². The zero-order valence-corrected chi connectivity index (χ0v) is 39.7. The molecular weight excluding hydrogens is 815 g/mol. The molecule has 320 valence electrons. The normalized spacial score (nSPS) is 50.6. The minimum absolute atomic E-state index is 0. The molecule has 0 unspecified atom stereocenters. The second kappa shape index (κ2) is 17.4. The van der Waals surface area contributed by atoms with Gasteiger partial charge in [0.05, 0.1) is 32.9 Å². The first kappa shape index (κ1) is 43.3. The molecule has 0 aromatic rings. The van der Waals surface area contributed by atoms with Gasteiger partial charge in [-0.2, -0.15) is 7.11 Å². The minimum atomic E-state index is -0.184. The van der Waals surface area contributed by atoms with Crippen molar-refractivity contribution in [1.29, 1.82) is 0 Å². The average molecular weight is 899 g/mol. The van der Waals surface area contributed by atoms with Gasteiger partial charge >= 0.3 is 0 Å². The maximum absolute atomic E-state index is 8.89. The van der Waals surface area contributed by atoms with Crippen molar-refractivity contribution in [3.63, 3.8) is 0 Å². The van der Waals surface area contributed by atoms with Crippen LogP contribution in [0.15, 0.2) is 0 Å². The molecule has 16 aliphatic rings. The molecule has 3 nitrogen and oxygen atoms in total. The molecule has 16 saturated carbocycles. The third-order valence-corrected chi connectivity index (χ3v) is 29.4. The van der Waals surface area contributed by atoms with Gasteiger partial charge in [0.25, 0.3) is 6.47 Å². The maximum atomic E-state index is 8.89. The summed E-state index contributed by atoms with van der Waals surface area (Å²) in [7, 11) is 2.37. The third kappa shape index (κ3) is 8.07. The van der Waals surface area contributed by atoms with E-state index in [1.807, 2.05) is 0 Å². The van der Waals surface area contributed by atoms with E-state index in [4.69, 9.17) is 10.2 Å². The quantitative estimate of drug-likeness (QED) is 0.0761. The molecular formula is C50H83NO2P2Pd. The van der Waals surface area contributed by atoms with Gasteiger partial charge in [0.2, 0.25) is 0 Å². The molecule has 0 saturated heterocycles. The fourth-order valence-corrected chi connectivity index (χ4v) is 32.4. The summed E-state index contributed by atoms with van der Waals surface area (Å²) in [6, 6.07) is 0. The minimum Gasteiger partial charge on any atom is -0.814 e. The summed E-state index contributed by atoms with van der Waals surface area (Å²) >= 11 is 0. The predicted molar refractivity (Wildman–Crippen MR) is 238 cm³/mol. The largest absolute Gasteiger partial charge is 0.814 e. The van der Waals surface area contributed by atoms with Crippen LogP contribution in [-0.2, 0) is 30.0 Å². The maximum Gasteiger partial charge on any atom is 0.261 e. The zero-order chi connectivity index (χ0) is 38.0. The van der Waals surface area contributed by atoms with Crippen LogP contribution >= 0.6 is 15.8 Å². The second-order valence-corrected chi connectivity index (χ2v) is 30.9. The summed E-state index contributed by atoms with van der Waals surface area (Å²) in [5.41, 5.74) is 0. The number of hydrogen-bond acceptors (Lipinski definition) is 2. The molecule has 16 rings (SSSR count). The van der Waals surface area contributed by atoms with E-state index >= 15 is 0 Å². The average Bonchev–Trinajstić information content (AvgIpc) is 3.11. The van der Waals surface area contributed by atoms with Gasteiger partial charge < -0.3 is 10.1 Å². The Morgan fingerprint density at radius 1 is 0.482 bits per heavy atom. The molecule has 16 fully saturated rings. The van der Waals surface area contributed by atoms with E-state index in [0.717, 1.165) is 26.8 Å². The summed E-state index contributed by atoms with van der Waals surface area (Å²) in [6.45, 7) is 6.86. The number of rotatable bonds is 9. The SMILES string of the molecule is CC=[N-].CCC[PH+](C12CC3CC(CC(C3)C1)C2)C12CC3CC(CC(C3)C1)C2.CCC[PH+](C12CC3CC(CC(C3)C1)C2)C12CC3CC(CC(C3)C1)C2.[CH2-]OC=O.[Pd]. The molecule has 0 amide bonds. The van der Waals surface area contributed by atoms with Gasteiger partial charge in [-0.15, -0.1) is 0 Å². The Bertz CT molecular complexity index is 1040. The standard InChI is InChI=1S/2C23H37P.C2H4N.C2H3O2.Pd/c2*1-2-3-24(22-10-16-4-17(11-22)6-18(5-16)12-22)23-13-19-7-20(14-23)9-21(8-19)15-23;1-2-3;1-4-2-3;/h2*16-21H,2-15H2,1H3;2H,1H3;2H,1H2;/q;;2*-1;/p+2. The Hall–Kier alpha value is 0.662. The molecule has 0 aliphatic heterocycles. The zero-order valence-electron chi connectivity index (χ0n) is 36.2. The van der Waals surface area contributed by atoms with E-state index in [1.54, 1.807) is 173 Å². The molecule has 0 N–H and O–H groups in total. The molecule has 6 heteroatoms. The number of carbonyl (C=O) groups is 1. The van der Waals surface area contributed by atoms with Crippen LogP contribution in [0.5, 0.6) is 0 Å². The summed E-state index contributed by atoms with van der Waals surface area (Å²) in [5.74, 6) is 14.0. The smallest absolute Gasteiger partial charge is 0.261 e. The third-order valence-electron chi connectivity index (χ3n) is 19.8. The fraction of sp³-hybridized carbons (Fsp3) is 0.940. The molecule has 0 atom stereocenters. The number of nitrogens with zero attached hydrogens (tertiary/aromatic N) is 1. The van der Waals surface area contributed by atoms with Crippen molar-refractivity contribution < 1.29 is 30.0 Å². The molecule has 16 bridgehead atoms. The van der Waals surface area contributed by atoms with Gasteiger partial charge in [-0.25, -0.2) is 6.21 Å². The van der Waals surface area contributed by atoms with Crippen LogP contribution in [0.1, 0.15) is 188 Å². The van der Waals surface area contributed by atoms with Crippen molar-refractivity contribution in [3.8, 4) is 0 Å². The number of hydrogen-bond donors (Lipinski definition) is 0. The van der Waals surface area contributed by atoms with Crippen molar-refractivity contribution in [3.05, 3.63) is 12.5 Å². The van der Waals surface area contributed by atoms with E-state index in [9.17, 15) is 0 Å². The van der Waals surface area contributed by atoms with Gasteiger partial charge in [0.1, 0.15) is 0 Å². The summed E-state index contributed by atoms with van der Waals surface area (Å²) in [6.07, 6.45) is 47.5. The number of ether oxygens (including phenoxy) is 1. The van der Waals surface area contributed by atoms with Gasteiger partial charge in [0.15, 0.2) is 0 Å². The van der Waals surface area contributed by atoms with Crippen molar-refractivity contribution >= 4 is 28.5 Å². The molecule has 56 heavy (non-hydrogen) atoms. The molecule has 16 aliphatic carbocycles. The predicted octanol–water partition coefficient (Wildman–Crippen LogP) is 13.7. The Kier molecular flexibility index (Phi) is 13.5. The van der Waals surface area contributed by atoms with Crippen LogP contribution in [0.2, 0.25) is 0 Å². The molecule has 0 aromatic heterocycles. The van der Waals surface area contributed by atoms with Crippen LogP contribution in [0.25, 0.3) is 5.41 Å². The second-order valence-electron chi connectivity index (χ2n) is 23.8. The first-order valence-electron chi connectivity index (χ1n) is 24.7. The number of carbonyl (C=O) groups excluding carboxylic acids is 1. The molecule has 0 radical (unpaired) electrons. The van der Waals surface area contributed by atoms with Crippen molar-refractivity contribution in [2.45, 2.75) is 208 Å². The Morgan fingerprint density at radius 2 is 0.625 bits per heavy atom. The summed E-state index contributed by atoms with van der Waals surface area (Å²) < 4.78 is 3.61. The van der Waals surface area contributed by atoms with Crippen LogP contribution in [0, 0.1) is 78.1 Å². The van der Waals surface area contributed by atoms with E-state index in [2.05, 4.69) is 25.7 Å². The topological polar surface area (TPSA) is 48.6 Å². The van der Waals surface area contributed by atoms with Crippen LogP contribution in [-0.4, -0.2) is 45.6 Å². The van der Waals surface area contributed by atoms with E-state index in [0.29, 0.717) is 0 Å². The van der Waals surface area contributed by atoms with Crippen LogP contribution < -0.4 is 0 Å². The van der Waals surface area contributed by atoms with E-state index in [-0.39, 0.29) is 42.7 Å². The fourth-order valence-electron chi connectivity index (χ4n) is 20.6. The molecule has 0 aromatic carbocycles. The Labute approximate surface area is 360 Å². The van der Waals surface area contributed by atoms with Gasteiger partial charge in [0, 0.05) is 36.3 Å². The van der Waals surface area contributed by atoms with E-state index in [1.165, 1.54) is 83.9 Å². The monoisotopic (exact) mass is 897 g/mol. The van der Waals surface area contributed by atoms with Crippen LogP contribution in [0.3, 0.4) is 0 Å².